The molecule has 3 aromatic rings. The Morgan fingerprint density at radius 3 is 1.86 bits per heavy atom. The first-order valence-electron chi connectivity index (χ1n) is 9.82. The zero-order valence-corrected chi connectivity index (χ0v) is 18.6. The van der Waals surface area contributed by atoms with Crippen LogP contribution in [0, 0.1) is 13.5 Å². The summed E-state index contributed by atoms with van der Waals surface area (Å²) in [6, 6.07) is 7.89. The van der Waals surface area contributed by atoms with Gasteiger partial charge in [0.05, 0.1) is 23.7 Å². The molecule has 150 valence electrons. The van der Waals surface area contributed by atoms with Gasteiger partial charge in [-0.15, -0.1) is 0 Å². The van der Waals surface area contributed by atoms with Crippen LogP contribution >= 0.6 is 0 Å². The standard InChI is InChI=1S/C24H29N5/c1-15-14-29(9)28-21(15)16-10-17(12-18(11-16)25-8)22-26-19(23(2,3)4)13-20(27-22)24(5,6)7/h10-14H,1-7,9H3. The molecule has 0 amide bonds. The van der Waals surface area contributed by atoms with Gasteiger partial charge in [0, 0.05) is 29.6 Å². The summed E-state index contributed by atoms with van der Waals surface area (Å²) >= 11 is 0. The van der Waals surface area contributed by atoms with Crippen molar-refractivity contribution in [2.75, 3.05) is 0 Å². The van der Waals surface area contributed by atoms with Crippen LogP contribution in [0.25, 0.3) is 27.5 Å². The summed E-state index contributed by atoms with van der Waals surface area (Å²) < 4.78 is 1.79. The molecule has 0 saturated carbocycles. The summed E-state index contributed by atoms with van der Waals surface area (Å²) in [5, 5.41) is 4.58. The third kappa shape index (κ3) is 4.37. The maximum atomic E-state index is 7.56. The van der Waals surface area contributed by atoms with Crippen molar-refractivity contribution in [3.63, 3.8) is 0 Å². The van der Waals surface area contributed by atoms with Crippen molar-refractivity contribution in [2.24, 2.45) is 7.05 Å². The van der Waals surface area contributed by atoms with Crippen LogP contribution in [0.3, 0.4) is 0 Å². The monoisotopic (exact) mass is 387 g/mol. The summed E-state index contributed by atoms with van der Waals surface area (Å²) in [4.78, 5) is 13.5. The van der Waals surface area contributed by atoms with E-state index < -0.39 is 0 Å². The average molecular weight is 388 g/mol. The SMILES string of the molecule is [C-]#[N+]c1cc(-c2nc(C(C)(C)C)cc(C(C)(C)C)n2)cc(-c2nn(C)cc2C)c1. The summed E-state index contributed by atoms with van der Waals surface area (Å²) in [5.41, 5.74) is 6.05. The van der Waals surface area contributed by atoms with Gasteiger partial charge < -0.3 is 0 Å². The zero-order valence-electron chi connectivity index (χ0n) is 18.6. The molecule has 2 aromatic heterocycles. The number of nitrogens with zero attached hydrogens (tertiary/aromatic N) is 5. The predicted molar refractivity (Wildman–Crippen MR) is 118 cm³/mol. The second-order valence-corrected chi connectivity index (χ2v) is 9.68. The van der Waals surface area contributed by atoms with Crippen LogP contribution in [0.5, 0.6) is 0 Å². The van der Waals surface area contributed by atoms with Crippen molar-refractivity contribution in [3.8, 4) is 22.6 Å². The van der Waals surface area contributed by atoms with Crippen molar-refractivity contribution in [1.82, 2.24) is 19.7 Å². The fourth-order valence-electron chi connectivity index (χ4n) is 3.18. The third-order valence-corrected chi connectivity index (χ3v) is 4.85. The molecule has 2 heterocycles. The first-order chi connectivity index (χ1) is 13.4. The Morgan fingerprint density at radius 2 is 1.41 bits per heavy atom. The molecule has 0 aliphatic carbocycles. The quantitative estimate of drug-likeness (QED) is 0.507. The minimum atomic E-state index is -0.102. The lowest BCUT2D eigenvalue weighted by molar-refractivity contribution is 0.539. The third-order valence-electron chi connectivity index (χ3n) is 4.85. The molecule has 0 spiro atoms. The molecule has 3 rings (SSSR count). The highest BCUT2D eigenvalue weighted by atomic mass is 15.2. The van der Waals surface area contributed by atoms with Gasteiger partial charge in [0.25, 0.3) is 0 Å². The van der Waals surface area contributed by atoms with Crippen LogP contribution in [-0.4, -0.2) is 19.7 Å². The van der Waals surface area contributed by atoms with Gasteiger partial charge in [-0.3, -0.25) is 4.68 Å². The number of rotatable bonds is 2. The van der Waals surface area contributed by atoms with Crippen LogP contribution in [0.2, 0.25) is 0 Å². The Bertz CT molecular complexity index is 1070. The van der Waals surface area contributed by atoms with Crippen LogP contribution in [-0.2, 0) is 17.9 Å². The van der Waals surface area contributed by atoms with E-state index in [0.717, 1.165) is 33.8 Å². The van der Waals surface area contributed by atoms with Gasteiger partial charge in [-0.05, 0) is 42.3 Å². The lowest BCUT2D eigenvalue weighted by atomic mass is 9.86. The summed E-state index contributed by atoms with van der Waals surface area (Å²) in [7, 11) is 1.90. The molecule has 0 radical (unpaired) electrons. The molecule has 29 heavy (non-hydrogen) atoms. The molecule has 0 N–H and O–H groups in total. The Morgan fingerprint density at radius 1 is 0.862 bits per heavy atom. The van der Waals surface area contributed by atoms with Crippen molar-refractivity contribution in [2.45, 2.75) is 59.3 Å². The fraction of sp³-hybridized carbons (Fsp3) is 0.417. The van der Waals surface area contributed by atoms with Crippen LogP contribution in [0.15, 0.2) is 30.5 Å². The number of aromatic nitrogens is 4. The Kier molecular flexibility index (Phi) is 5.08. The van der Waals surface area contributed by atoms with E-state index in [-0.39, 0.29) is 10.8 Å². The van der Waals surface area contributed by atoms with Crippen molar-refractivity contribution in [1.29, 1.82) is 0 Å². The maximum Gasteiger partial charge on any atom is 0.188 e. The smallest absolute Gasteiger partial charge is 0.188 e. The topological polar surface area (TPSA) is 48.0 Å². The normalized spacial score (nSPS) is 12.1. The van der Waals surface area contributed by atoms with Gasteiger partial charge in [-0.1, -0.05) is 41.5 Å². The molecule has 5 nitrogen and oxygen atoms in total. The molecule has 0 aliphatic rings. The van der Waals surface area contributed by atoms with E-state index in [0.29, 0.717) is 11.5 Å². The minimum Gasteiger partial charge on any atom is -0.275 e. The molecule has 0 saturated heterocycles. The second kappa shape index (κ2) is 7.11. The molecule has 0 fully saturated rings. The van der Waals surface area contributed by atoms with Crippen LogP contribution in [0.1, 0.15) is 58.5 Å². The largest absolute Gasteiger partial charge is 0.275 e. The highest BCUT2D eigenvalue weighted by molar-refractivity contribution is 5.75. The summed E-state index contributed by atoms with van der Waals surface area (Å²) in [5.74, 6) is 0.655. The van der Waals surface area contributed by atoms with Crippen LogP contribution in [0.4, 0.5) is 5.69 Å². The first kappa shape index (κ1) is 20.7. The highest BCUT2D eigenvalue weighted by Gasteiger charge is 2.24. The van der Waals surface area contributed by atoms with Gasteiger partial charge >= 0.3 is 0 Å². The lowest BCUT2D eigenvalue weighted by Gasteiger charge is -2.24. The molecule has 0 unspecified atom stereocenters. The molecule has 1 aromatic carbocycles. The molecule has 0 bridgehead atoms. The van der Waals surface area contributed by atoms with Crippen LogP contribution < -0.4 is 0 Å². The van der Waals surface area contributed by atoms with Gasteiger partial charge in [0.2, 0.25) is 0 Å². The average Bonchev–Trinajstić information content (AvgIpc) is 2.97. The fourth-order valence-corrected chi connectivity index (χ4v) is 3.18. The van der Waals surface area contributed by atoms with E-state index in [9.17, 15) is 0 Å². The van der Waals surface area contributed by atoms with E-state index in [1.165, 1.54) is 0 Å². The second-order valence-electron chi connectivity index (χ2n) is 9.68. The van der Waals surface area contributed by atoms with E-state index in [1.807, 2.05) is 38.4 Å². The van der Waals surface area contributed by atoms with E-state index in [4.69, 9.17) is 16.5 Å². The zero-order chi connectivity index (χ0) is 21.6. The molecular weight excluding hydrogens is 358 g/mol. The number of benzene rings is 1. The number of hydrogen-bond donors (Lipinski definition) is 0. The highest BCUT2D eigenvalue weighted by Crippen LogP contribution is 2.34. The lowest BCUT2D eigenvalue weighted by Crippen LogP contribution is -2.20. The first-order valence-corrected chi connectivity index (χ1v) is 9.82. The van der Waals surface area contributed by atoms with E-state index in [2.05, 4.69) is 57.6 Å². The maximum absolute atomic E-state index is 7.56. The van der Waals surface area contributed by atoms with Gasteiger partial charge in [0.1, 0.15) is 0 Å². The Balaban J connectivity index is 2.26. The molecule has 5 heteroatoms. The van der Waals surface area contributed by atoms with E-state index >= 15 is 0 Å². The van der Waals surface area contributed by atoms with Crippen molar-refractivity contribution in [3.05, 3.63) is 58.8 Å². The van der Waals surface area contributed by atoms with Gasteiger partial charge in [-0.2, -0.15) is 5.10 Å². The molecule has 0 aliphatic heterocycles. The molecule has 0 atom stereocenters. The predicted octanol–water partition coefficient (Wildman–Crippen LogP) is 6.00. The van der Waals surface area contributed by atoms with Crippen molar-refractivity contribution >= 4 is 5.69 Å². The Hall–Kier alpha value is -3.00. The van der Waals surface area contributed by atoms with Gasteiger partial charge in [0.15, 0.2) is 11.5 Å². The Labute approximate surface area is 173 Å². The number of hydrogen-bond acceptors (Lipinski definition) is 3. The van der Waals surface area contributed by atoms with Crippen molar-refractivity contribution < 1.29 is 0 Å². The summed E-state index contributed by atoms with van der Waals surface area (Å²) in [6.07, 6.45) is 1.98. The number of aryl methyl sites for hydroxylation is 2. The molecular formula is C24H29N5. The summed E-state index contributed by atoms with van der Waals surface area (Å²) in [6.45, 7) is 22.5. The van der Waals surface area contributed by atoms with Gasteiger partial charge in [-0.25, -0.2) is 14.8 Å². The van der Waals surface area contributed by atoms with E-state index in [1.54, 1.807) is 4.68 Å². The minimum absolute atomic E-state index is 0.102.